The topological polar surface area (TPSA) is 76.5 Å². The maximum atomic E-state index is 13.7. The van der Waals surface area contributed by atoms with Crippen LogP contribution in [0.4, 0.5) is 5.82 Å². The van der Waals surface area contributed by atoms with E-state index < -0.39 is 0 Å². The van der Waals surface area contributed by atoms with Gasteiger partial charge in [-0.15, -0.1) is 23.1 Å². The van der Waals surface area contributed by atoms with Crippen LogP contribution in [0.5, 0.6) is 0 Å². The second-order valence-corrected chi connectivity index (χ2v) is 13.2. The highest BCUT2D eigenvalue weighted by Crippen LogP contribution is 2.49. The van der Waals surface area contributed by atoms with E-state index in [2.05, 4.69) is 63.5 Å². The molecule has 2 aliphatic rings. The number of hydrogen-bond donors (Lipinski definition) is 1. The molecule has 0 unspecified atom stereocenters. The largest absolute Gasteiger partial charge is 0.376 e. The van der Waals surface area contributed by atoms with Crippen molar-refractivity contribution in [2.24, 2.45) is 0 Å². The second kappa shape index (κ2) is 10.9. The first-order valence-electron chi connectivity index (χ1n) is 13.2. The molecule has 2 amide bonds. The number of amides is 2. The molecule has 0 radical (unpaired) electrons. The number of ether oxygens (including phenoxy) is 1. The zero-order valence-electron chi connectivity index (χ0n) is 22.7. The fourth-order valence-corrected chi connectivity index (χ4v) is 7.28. The Kier molecular flexibility index (Phi) is 7.71. The average molecular weight is 553 g/mol. The molecule has 2 atom stereocenters. The summed E-state index contributed by atoms with van der Waals surface area (Å²) in [6.07, 6.45) is 2.00. The van der Waals surface area contributed by atoms with Crippen molar-refractivity contribution in [1.29, 1.82) is 0 Å². The summed E-state index contributed by atoms with van der Waals surface area (Å²) >= 11 is 3.31. The van der Waals surface area contributed by atoms with Gasteiger partial charge in [-0.3, -0.25) is 14.5 Å². The summed E-state index contributed by atoms with van der Waals surface area (Å²) in [4.78, 5) is 29.8. The molecule has 1 fully saturated rings. The highest BCUT2D eigenvalue weighted by atomic mass is 32.2. The first kappa shape index (κ1) is 27.0. The first-order chi connectivity index (χ1) is 18.1. The van der Waals surface area contributed by atoms with Gasteiger partial charge in [0.2, 0.25) is 11.8 Å². The number of carbonyl (C=O) groups excluding carboxylic acids is 2. The normalized spacial score (nSPS) is 19.9. The number of nitrogens with zero attached hydrogens (tertiary/aromatic N) is 3. The molecule has 5 rings (SSSR count). The molecule has 0 spiro atoms. The number of thioether (sulfide) groups is 1. The van der Waals surface area contributed by atoms with Crippen LogP contribution in [0, 0.1) is 13.8 Å². The van der Waals surface area contributed by atoms with Crippen LogP contribution in [0.25, 0.3) is 5.69 Å². The van der Waals surface area contributed by atoms with E-state index in [-0.39, 0.29) is 40.9 Å². The average Bonchev–Trinajstić information content (AvgIpc) is 3.63. The molecule has 0 bridgehead atoms. The van der Waals surface area contributed by atoms with Crippen molar-refractivity contribution in [3.05, 3.63) is 63.0 Å². The Hall–Kier alpha value is -2.62. The number of carbonyl (C=O) groups is 2. The zero-order chi connectivity index (χ0) is 27.0. The lowest BCUT2D eigenvalue weighted by atomic mass is 9.88. The molecule has 9 heteroatoms. The predicted molar refractivity (Wildman–Crippen MR) is 155 cm³/mol. The van der Waals surface area contributed by atoms with E-state index in [9.17, 15) is 9.59 Å². The van der Waals surface area contributed by atoms with Crippen molar-refractivity contribution in [2.75, 3.05) is 30.3 Å². The van der Waals surface area contributed by atoms with Crippen LogP contribution in [-0.4, -0.2) is 53.1 Å². The number of nitrogens with one attached hydrogen (secondary N) is 1. The molecule has 1 N–H and O–H groups in total. The summed E-state index contributed by atoms with van der Waals surface area (Å²) in [5.74, 6) is 0.705. The van der Waals surface area contributed by atoms with Gasteiger partial charge in [0.25, 0.3) is 0 Å². The third-order valence-electron chi connectivity index (χ3n) is 7.26. The molecule has 7 nitrogen and oxygen atoms in total. The summed E-state index contributed by atoms with van der Waals surface area (Å²) in [5, 5.41) is 10.2. The smallest absolute Gasteiger partial charge is 0.240 e. The van der Waals surface area contributed by atoms with Crippen LogP contribution in [-0.2, 0) is 19.7 Å². The van der Waals surface area contributed by atoms with Crippen LogP contribution in [0.2, 0.25) is 0 Å². The molecular weight excluding hydrogens is 516 g/mol. The Bertz CT molecular complexity index is 1320. The summed E-state index contributed by atoms with van der Waals surface area (Å²) in [7, 11) is 0. The van der Waals surface area contributed by atoms with Crippen LogP contribution >= 0.6 is 23.1 Å². The standard InChI is InChI=1S/C29H36N4O3S2/c1-18-9-6-11-21(19(18)2)33-28-25(27(31-33)29(3,4)5)26(22-12-8-14-37-22)38-17-24(35)32(28)16-23(34)30-15-20-10-7-13-36-20/h6,8-9,11-12,14,20,26H,7,10,13,15-17H2,1-5H3,(H,30,34)/t20-,26-/m0/s1. The molecule has 4 heterocycles. The molecule has 202 valence electrons. The maximum Gasteiger partial charge on any atom is 0.240 e. The van der Waals surface area contributed by atoms with E-state index >= 15 is 0 Å². The molecule has 1 saturated heterocycles. The van der Waals surface area contributed by atoms with Crippen molar-refractivity contribution in [2.45, 2.75) is 64.2 Å². The van der Waals surface area contributed by atoms with Crippen LogP contribution in [0.15, 0.2) is 35.7 Å². The fraction of sp³-hybridized carbons (Fsp3) is 0.483. The van der Waals surface area contributed by atoms with E-state index in [0.717, 1.165) is 47.5 Å². The number of fused-ring (bicyclic) bond motifs is 1. The molecule has 0 saturated carbocycles. The Morgan fingerprint density at radius 1 is 1.21 bits per heavy atom. The molecular formula is C29H36N4O3S2. The zero-order valence-corrected chi connectivity index (χ0v) is 24.4. The Morgan fingerprint density at radius 3 is 2.71 bits per heavy atom. The SMILES string of the molecule is Cc1cccc(-n2nc(C(C)(C)C)c3c2N(CC(=O)NC[C@@H]2CCCO2)C(=O)CS[C@H]3c2cccs2)c1C. The van der Waals surface area contributed by atoms with Gasteiger partial charge in [0.15, 0.2) is 0 Å². The van der Waals surface area contributed by atoms with Crippen LogP contribution in [0.3, 0.4) is 0 Å². The lowest BCUT2D eigenvalue weighted by Gasteiger charge is -2.24. The third-order valence-corrected chi connectivity index (χ3v) is 9.58. The summed E-state index contributed by atoms with van der Waals surface area (Å²) in [6.45, 7) is 11.8. The van der Waals surface area contributed by atoms with Crippen LogP contribution < -0.4 is 10.2 Å². The lowest BCUT2D eigenvalue weighted by molar-refractivity contribution is -0.123. The quantitative estimate of drug-likeness (QED) is 0.448. The van der Waals surface area contributed by atoms with Crippen molar-refractivity contribution in [3.63, 3.8) is 0 Å². The van der Waals surface area contributed by atoms with E-state index in [1.165, 1.54) is 4.88 Å². The van der Waals surface area contributed by atoms with Gasteiger partial charge in [-0.25, -0.2) is 4.68 Å². The minimum atomic E-state index is -0.274. The van der Waals surface area contributed by atoms with E-state index in [1.54, 1.807) is 28.0 Å². The highest BCUT2D eigenvalue weighted by Gasteiger charge is 2.40. The lowest BCUT2D eigenvalue weighted by Crippen LogP contribution is -2.44. The van der Waals surface area contributed by atoms with E-state index in [4.69, 9.17) is 9.84 Å². The van der Waals surface area contributed by atoms with Gasteiger partial charge >= 0.3 is 0 Å². The first-order valence-corrected chi connectivity index (χ1v) is 15.1. The van der Waals surface area contributed by atoms with Gasteiger partial charge in [-0.05, 0) is 55.3 Å². The molecule has 0 aliphatic carbocycles. The van der Waals surface area contributed by atoms with Crippen molar-refractivity contribution in [1.82, 2.24) is 15.1 Å². The van der Waals surface area contributed by atoms with Gasteiger partial charge in [0, 0.05) is 29.0 Å². The number of benzene rings is 1. The summed E-state index contributed by atoms with van der Waals surface area (Å²) in [5.41, 5.74) is 4.85. The number of thiophene rings is 1. The van der Waals surface area contributed by atoms with Crippen molar-refractivity contribution in [3.8, 4) is 5.69 Å². The maximum absolute atomic E-state index is 13.7. The highest BCUT2D eigenvalue weighted by molar-refractivity contribution is 8.00. The van der Waals surface area contributed by atoms with Gasteiger partial charge in [0.05, 0.1) is 28.5 Å². The second-order valence-electron chi connectivity index (χ2n) is 11.1. The molecule has 2 aliphatic heterocycles. The fourth-order valence-electron chi connectivity index (χ4n) is 5.10. The summed E-state index contributed by atoms with van der Waals surface area (Å²) < 4.78 is 7.59. The minimum absolute atomic E-state index is 0.0427. The van der Waals surface area contributed by atoms with E-state index in [1.807, 2.05) is 16.8 Å². The number of aromatic nitrogens is 2. The van der Waals surface area contributed by atoms with Gasteiger partial charge in [-0.2, -0.15) is 5.10 Å². The molecule has 2 aromatic heterocycles. The monoisotopic (exact) mass is 552 g/mol. The molecule has 38 heavy (non-hydrogen) atoms. The number of anilines is 1. The van der Waals surface area contributed by atoms with E-state index in [0.29, 0.717) is 12.4 Å². The predicted octanol–water partition coefficient (Wildman–Crippen LogP) is 5.31. The summed E-state index contributed by atoms with van der Waals surface area (Å²) in [6, 6.07) is 10.3. The minimum Gasteiger partial charge on any atom is -0.376 e. The van der Waals surface area contributed by atoms with Crippen LogP contribution in [0.1, 0.15) is 66.1 Å². The number of hydrogen-bond acceptors (Lipinski definition) is 6. The number of rotatable bonds is 6. The Balaban J connectivity index is 1.66. The Labute approximate surface area is 232 Å². The van der Waals surface area contributed by atoms with Gasteiger partial charge in [-0.1, -0.05) is 39.0 Å². The van der Waals surface area contributed by atoms with Crippen molar-refractivity contribution >= 4 is 40.7 Å². The van der Waals surface area contributed by atoms with Gasteiger partial charge < -0.3 is 10.1 Å². The molecule has 1 aromatic carbocycles. The van der Waals surface area contributed by atoms with Gasteiger partial charge in [0.1, 0.15) is 12.4 Å². The van der Waals surface area contributed by atoms with Crippen molar-refractivity contribution < 1.29 is 14.3 Å². The Morgan fingerprint density at radius 2 is 2.03 bits per heavy atom. The third kappa shape index (κ3) is 5.28. The number of aryl methyl sites for hydroxylation is 1. The molecule has 3 aromatic rings.